The SMILES string of the molecule is CC(=O)c1ccc(NC(=O)/C(C#N)=C\NCCc2c[nH]c3ccccc23)cc1. The van der Waals surface area contributed by atoms with Gasteiger partial charge in [0.25, 0.3) is 5.91 Å². The Kier molecular flexibility index (Phi) is 5.87. The maximum atomic E-state index is 12.2. The lowest BCUT2D eigenvalue weighted by molar-refractivity contribution is -0.112. The van der Waals surface area contributed by atoms with Crippen molar-refractivity contribution in [1.82, 2.24) is 10.3 Å². The average molecular weight is 372 g/mol. The van der Waals surface area contributed by atoms with Crippen molar-refractivity contribution in [2.45, 2.75) is 13.3 Å². The van der Waals surface area contributed by atoms with Gasteiger partial charge in [0, 0.05) is 41.1 Å². The fourth-order valence-electron chi connectivity index (χ4n) is 2.85. The molecule has 1 aromatic heterocycles. The number of benzene rings is 2. The first kappa shape index (κ1) is 18.9. The van der Waals surface area contributed by atoms with Crippen LogP contribution in [0.25, 0.3) is 10.9 Å². The van der Waals surface area contributed by atoms with E-state index in [1.54, 1.807) is 24.3 Å². The summed E-state index contributed by atoms with van der Waals surface area (Å²) < 4.78 is 0. The van der Waals surface area contributed by atoms with Gasteiger partial charge in [-0.25, -0.2) is 0 Å². The quantitative estimate of drug-likeness (QED) is 0.256. The highest BCUT2D eigenvalue weighted by Crippen LogP contribution is 2.17. The molecule has 1 heterocycles. The lowest BCUT2D eigenvalue weighted by atomic mass is 10.1. The second kappa shape index (κ2) is 8.69. The van der Waals surface area contributed by atoms with Crippen LogP contribution in [0.3, 0.4) is 0 Å². The number of nitrogens with one attached hydrogen (secondary N) is 3. The van der Waals surface area contributed by atoms with E-state index in [1.807, 2.05) is 30.5 Å². The van der Waals surface area contributed by atoms with Crippen LogP contribution in [-0.2, 0) is 11.2 Å². The van der Waals surface area contributed by atoms with Gasteiger partial charge in [-0.3, -0.25) is 9.59 Å². The number of Topliss-reactive ketones (excluding diaryl/α,β-unsaturated/α-hetero) is 1. The third kappa shape index (κ3) is 4.46. The third-order valence-electron chi connectivity index (χ3n) is 4.37. The fourth-order valence-corrected chi connectivity index (χ4v) is 2.85. The van der Waals surface area contributed by atoms with Crippen LogP contribution in [-0.4, -0.2) is 23.2 Å². The van der Waals surface area contributed by atoms with E-state index in [4.69, 9.17) is 0 Å². The predicted molar refractivity (Wildman–Crippen MR) is 109 cm³/mol. The van der Waals surface area contributed by atoms with Gasteiger partial charge in [-0.2, -0.15) is 5.26 Å². The minimum atomic E-state index is -0.502. The minimum absolute atomic E-state index is 0.0189. The molecule has 2 aromatic carbocycles. The summed E-state index contributed by atoms with van der Waals surface area (Å²) in [5.74, 6) is -0.549. The number of aromatic amines is 1. The molecule has 0 atom stereocenters. The summed E-state index contributed by atoms with van der Waals surface area (Å²) in [7, 11) is 0. The molecule has 140 valence electrons. The van der Waals surface area contributed by atoms with E-state index in [-0.39, 0.29) is 11.4 Å². The van der Waals surface area contributed by atoms with Crippen molar-refractivity contribution in [1.29, 1.82) is 5.26 Å². The Labute approximate surface area is 162 Å². The van der Waals surface area contributed by atoms with Crippen molar-refractivity contribution in [3.8, 4) is 6.07 Å². The normalized spacial score (nSPS) is 11.1. The summed E-state index contributed by atoms with van der Waals surface area (Å²) in [6.45, 7) is 2.07. The number of anilines is 1. The number of fused-ring (bicyclic) bond motifs is 1. The van der Waals surface area contributed by atoms with Gasteiger partial charge in [0.05, 0.1) is 0 Å². The Hall–Kier alpha value is -3.85. The molecule has 0 radical (unpaired) electrons. The molecule has 0 unspecified atom stereocenters. The van der Waals surface area contributed by atoms with E-state index in [2.05, 4.69) is 21.7 Å². The Balaban J connectivity index is 1.56. The summed E-state index contributed by atoms with van der Waals surface area (Å²) in [6.07, 6.45) is 4.15. The first-order valence-electron chi connectivity index (χ1n) is 8.89. The standard InChI is InChI=1S/C22H20N4O2/c1-15(27)16-6-8-19(9-7-16)26-22(28)18(12-23)13-24-11-10-17-14-25-21-5-3-2-4-20(17)21/h2-9,13-14,24-25H,10-11H2,1H3,(H,26,28)/b18-13-. The largest absolute Gasteiger partial charge is 0.389 e. The van der Waals surface area contributed by atoms with E-state index < -0.39 is 5.91 Å². The molecule has 0 bridgehead atoms. The van der Waals surface area contributed by atoms with Crippen LogP contribution in [0.2, 0.25) is 0 Å². The van der Waals surface area contributed by atoms with Crippen LogP contribution >= 0.6 is 0 Å². The van der Waals surface area contributed by atoms with Crippen molar-refractivity contribution < 1.29 is 9.59 Å². The van der Waals surface area contributed by atoms with Crippen LogP contribution in [0.4, 0.5) is 5.69 Å². The number of nitrogens with zero attached hydrogens (tertiary/aromatic N) is 1. The number of para-hydroxylation sites is 1. The number of hydrogen-bond acceptors (Lipinski definition) is 4. The fraction of sp³-hybridized carbons (Fsp3) is 0.136. The maximum absolute atomic E-state index is 12.2. The highest BCUT2D eigenvalue weighted by atomic mass is 16.1. The molecule has 6 heteroatoms. The zero-order chi connectivity index (χ0) is 19.9. The van der Waals surface area contributed by atoms with Crippen LogP contribution in [0.1, 0.15) is 22.8 Å². The van der Waals surface area contributed by atoms with E-state index in [1.165, 1.54) is 24.1 Å². The van der Waals surface area contributed by atoms with E-state index in [0.29, 0.717) is 17.8 Å². The van der Waals surface area contributed by atoms with Gasteiger partial charge < -0.3 is 15.6 Å². The smallest absolute Gasteiger partial charge is 0.267 e. The Bertz CT molecular complexity index is 1070. The number of H-pyrrole nitrogens is 1. The molecule has 0 saturated carbocycles. The molecule has 1 amide bonds. The molecule has 6 nitrogen and oxygen atoms in total. The average Bonchev–Trinajstić information content (AvgIpc) is 3.11. The number of ketones is 1. The molecule has 0 spiro atoms. The monoisotopic (exact) mass is 372 g/mol. The van der Waals surface area contributed by atoms with Crippen LogP contribution in [0.15, 0.2) is 66.5 Å². The lowest BCUT2D eigenvalue weighted by Gasteiger charge is -2.06. The minimum Gasteiger partial charge on any atom is -0.389 e. The molecule has 0 saturated heterocycles. The van der Waals surface area contributed by atoms with Gasteiger partial charge in [0.15, 0.2) is 5.78 Å². The number of amides is 1. The van der Waals surface area contributed by atoms with Gasteiger partial charge in [0.1, 0.15) is 11.6 Å². The van der Waals surface area contributed by atoms with E-state index >= 15 is 0 Å². The predicted octanol–water partition coefficient (Wildman–Crippen LogP) is 3.55. The molecule has 0 aliphatic heterocycles. The van der Waals surface area contributed by atoms with Crippen LogP contribution in [0.5, 0.6) is 0 Å². The van der Waals surface area contributed by atoms with Gasteiger partial charge in [-0.1, -0.05) is 18.2 Å². The van der Waals surface area contributed by atoms with Crippen LogP contribution in [0, 0.1) is 11.3 Å². The first-order valence-corrected chi connectivity index (χ1v) is 8.89. The van der Waals surface area contributed by atoms with Gasteiger partial charge >= 0.3 is 0 Å². The number of carbonyl (C=O) groups excluding carboxylic acids is 2. The molecule has 3 rings (SSSR count). The molecule has 28 heavy (non-hydrogen) atoms. The molecule has 3 aromatic rings. The maximum Gasteiger partial charge on any atom is 0.267 e. The van der Waals surface area contributed by atoms with E-state index in [0.717, 1.165) is 11.9 Å². The number of nitriles is 1. The lowest BCUT2D eigenvalue weighted by Crippen LogP contribution is -2.18. The number of aromatic nitrogens is 1. The number of hydrogen-bond donors (Lipinski definition) is 3. The van der Waals surface area contributed by atoms with E-state index in [9.17, 15) is 14.9 Å². The van der Waals surface area contributed by atoms with Crippen molar-refractivity contribution in [2.24, 2.45) is 0 Å². The zero-order valence-corrected chi connectivity index (χ0v) is 15.5. The van der Waals surface area contributed by atoms with Gasteiger partial charge in [-0.15, -0.1) is 0 Å². The molecular weight excluding hydrogens is 352 g/mol. The summed E-state index contributed by atoms with van der Waals surface area (Å²) in [4.78, 5) is 26.8. The highest BCUT2D eigenvalue weighted by molar-refractivity contribution is 6.06. The number of carbonyl (C=O) groups is 2. The Morgan fingerprint density at radius 3 is 2.61 bits per heavy atom. The Morgan fingerprint density at radius 2 is 1.89 bits per heavy atom. The summed E-state index contributed by atoms with van der Waals surface area (Å²) in [6, 6.07) is 16.5. The molecule has 0 aliphatic rings. The second-order valence-electron chi connectivity index (χ2n) is 6.32. The first-order chi connectivity index (χ1) is 13.6. The van der Waals surface area contributed by atoms with Gasteiger partial charge in [0.2, 0.25) is 0 Å². The zero-order valence-electron chi connectivity index (χ0n) is 15.5. The van der Waals surface area contributed by atoms with Crippen molar-refractivity contribution >= 4 is 28.3 Å². The summed E-state index contributed by atoms with van der Waals surface area (Å²) in [5, 5.41) is 16.1. The topological polar surface area (TPSA) is 97.8 Å². The van der Waals surface area contributed by atoms with Crippen molar-refractivity contribution in [2.75, 3.05) is 11.9 Å². The highest BCUT2D eigenvalue weighted by Gasteiger charge is 2.10. The summed E-state index contributed by atoms with van der Waals surface area (Å²) in [5.41, 5.74) is 3.32. The second-order valence-corrected chi connectivity index (χ2v) is 6.32. The molecule has 0 fully saturated rings. The van der Waals surface area contributed by atoms with Crippen molar-refractivity contribution in [3.63, 3.8) is 0 Å². The van der Waals surface area contributed by atoms with Crippen molar-refractivity contribution in [3.05, 3.63) is 77.6 Å². The molecular formula is C22H20N4O2. The molecule has 0 aliphatic carbocycles. The van der Waals surface area contributed by atoms with Gasteiger partial charge in [-0.05, 0) is 49.2 Å². The Morgan fingerprint density at radius 1 is 1.14 bits per heavy atom. The molecule has 3 N–H and O–H groups in total. The number of rotatable bonds is 7. The summed E-state index contributed by atoms with van der Waals surface area (Å²) >= 11 is 0. The van der Waals surface area contributed by atoms with Crippen LogP contribution < -0.4 is 10.6 Å². The third-order valence-corrected chi connectivity index (χ3v) is 4.37.